The minimum atomic E-state index is -0.852. The number of methoxy groups -OCH3 is 2. The van der Waals surface area contributed by atoms with Crippen molar-refractivity contribution in [3.05, 3.63) is 22.5 Å². The molecule has 3 heterocycles. The van der Waals surface area contributed by atoms with E-state index in [9.17, 15) is 9.59 Å². The third-order valence-corrected chi connectivity index (χ3v) is 4.36. The van der Waals surface area contributed by atoms with Crippen molar-refractivity contribution in [2.75, 3.05) is 14.2 Å². The number of rotatable bonds is 2. The molecule has 2 saturated heterocycles. The number of aromatic nitrogens is 2. The minimum Gasteiger partial charge on any atom is -0.464 e. The van der Waals surface area contributed by atoms with Crippen LogP contribution in [0.5, 0.6) is 0 Å². The summed E-state index contributed by atoms with van der Waals surface area (Å²) in [5.74, 6) is -2.17. The van der Waals surface area contributed by atoms with Gasteiger partial charge < -0.3 is 23.7 Å². The Morgan fingerprint density at radius 3 is 2.00 bits per heavy atom. The average Bonchev–Trinajstić information content (AvgIpc) is 3.29. The summed E-state index contributed by atoms with van der Waals surface area (Å²) in [6.07, 6.45) is -1.67. The molecule has 0 radical (unpaired) electrons. The van der Waals surface area contributed by atoms with Crippen LogP contribution in [0.25, 0.3) is 0 Å². The predicted molar refractivity (Wildman–Crippen MR) is 75.1 cm³/mol. The van der Waals surface area contributed by atoms with E-state index in [4.69, 9.17) is 23.7 Å². The maximum absolute atomic E-state index is 12.1. The maximum atomic E-state index is 12.1. The Balaban J connectivity index is 1.93. The van der Waals surface area contributed by atoms with Crippen molar-refractivity contribution in [3.8, 4) is 0 Å². The van der Waals surface area contributed by atoms with Crippen LogP contribution in [0.4, 0.5) is 0 Å². The second-order valence-corrected chi connectivity index (χ2v) is 6.25. The number of esters is 2. The van der Waals surface area contributed by atoms with E-state index >= 15 is 0 Å². The third-order valence-electron chi connectivity index (χ3n) is 4.36. The molecule has 9 heteroatoms. The van der Waals surface area contributed by atoms with Crippen LogP contribution in [-0.2, 0) is 23.7 Å². The molecular weight excluding hydrogens is 320 g/mol. The van der Waals surface area contributed by atoms with Crippen LogP contribution in [0.1, 0.15) is 58.2 Å². The summed E-state index contributed by atoms with van der Waals surface area (Å²) in [5, 5.41) is 7.73. The van der Waals surface area contributed by atoms with E-state index < -0.39 is 36.0 Å². The Hall–Kier alpha value is -2.10. The van der Waals surface area contributed by atoms with E-state index in [2.05, 4.69) is 10.2 Å². The Kier molecular flexibility index (Phi) is 3.18. The van der Waals surface area contributed by atoms with Gasteiger partial charge in [0.2, 0.25) is 0 Å². The van der Waals surface area contributed by atoms with E-state index in [1.165, 1.54) is 14.2 Å². The summed E-state index contributed by atoms with van der Waals surface area (Å²) in [6, 6.07) is 0. The van der Waals surface area contributed by atoms with Crippen molar-refractivity contribution >= 4 is 11.9 Å². The van der Waals surface area contributed by atoms with Gasteiger partial charge in [-0.15, -0.1) is 10.2 Å². The number of carbonyl (C=O) groups excluding carboxylic acids is 2. The molecule has 0 N–H and O–H groups in total. The fourth-order valence-corrected chi connectivity index (χ4v) is 3.39. The number of fused-ring (bicyclic) bond motifs is 6. The molecular formula is C15H16N2O7. The summed E-state index contributed by atoms with van der Waals surface area (Å²) in [5.41, 5.74) is 0.890. The van der Waals surface area contributed by atoms with Gasteiger partial charge >= 0.3 is 11.9 Å². The first-order chi connectivity index (χ1) is 11.4. The zero-order valence-corrected chi connectivity index (χ0v) is 13.6. The first kappa shape index (κ1) is 15.4. The van der Waals surface area contributed by atoms with E-state index in [0.717, 1.165) is 0 Å². The van der Waals surface area contributed by atoms with Gasteiger partial charge in [-0.25, -0.2) is 9.59 Å². The van der Waals surface area contributed by atoms with Gasteiger partial charge in [-0.1, -0.05) is 0 Å². The monoisotopic (exact) mass is 336 g/mol. The Morgan fingerprint density at radius 1 is 0.917 bits per heavy atom. The maximum Gasteiger partial charge on any atom is 0.358 e. The van der Waals surface area contributed by atoms with Gasteiger partial charge in [-0.2, -0.15) is 0 Å². The number of hydrogen-bond donors (Lipinski definition) is 0. The molecule has 3 aliphatic rings. The Morgan fingerprint density at radius 2 is 1.46 bits per heavy atom. The number of epoxide rings is 1. The largest absolute Gasteiger partial charge is 0.464 e. The zero-order chi connectivity index (χ0) is 17.2. The lowest BCUT2D eigenvalue weighted by atomic mass is 9.85. The van der Waals surface area contributed by atoms with E-state index in [-0.39, 0.29) is 17.5 Å². The highest BCUT2D eigenvalue weighted by Gasteiger charge is 2.63. The van der Waals surface area contributed by atoms with Crippen molar-refractivity contribution in [1.82, 2.24) is 10.2 Å². The molecule has 24 heavy (non-hydrogen) atoms. The van der Waals surface area contributed by atoms with Crippen molar-refractivity contribution in [1.29, 1.82) is 0 Å². The van der Waals surface area contributed by atoms with Crippen LogP contribution in [-0.4, -0.2) is 54.4 Å². The molecule has 0 bridgehead atoms. The molecule has 2 aliphatic heterocycles. The highest BCUT2D eigenvalue weighted by Crippen LogP contribution is 2.58. The number of nitrogens with zero attached hydrogens (tertiary/aromatic N) is 2. The molecule has 1 aromatic rings. The lowest BCUT2D eigenvalue weighted by Gasteiger charge is -2.24. The molecule has 128 valence electrons. The van der Waals surface area contributed by atoms with Gasteiger partial charge in [0, 0.05) is 11.1 Å². The lowest BCUT2D eigenvalue weighted by Crippen LogP contribution is -2.31. The molecule has 0 spiro atoms. The first-order valence-electron chi connectivity index (χ1n) is 7.46. The predicted octanol–water partition coefficient (Wildman–Crippen LogP) is 0.696. The minimum absolute atomic E-state index is 0.00889. The van der Waals surface area contributed by atoms with Crippen LogP contribution in [0, 0.1) is 0 Å². The Bertz CT molecular complexity index is 748. The van der Waals surface area contributed by atoms with Crippen molar-refractivity contribution in [2.24, 2.45) is 0 Å². The molecule has 4 atom stereocenters. The van der Waals surface area contributed by atoms with E-state index in [0.29, 0.717) is 11.1 Å². The molecule has 0 amide bonds. The van der Waals surface area contributed by atoms with E-state index in [1.807, 2.05) is 0 Å². The fourth-order valence-electron chi connectivity index (χ4n) is 3.39. The topological polar surface area (TPSA) is 109 Å². The van der Waals surface area contributed by atoms with Gasteiger partial charge in [0.25, 0.3) is 0 Å². The summed E-state index contributed by atoms with van der Waals surface area (Å²) < 4.78 is 27.1. The molecule has 0 saturated carbocycles. The highest BCUT2D eigenvalue weighted by molar-refractivity contribution is 5.93. The average molecular weight is 336 g/mol. The fraction of sp³-hybridized carbons (Fsp3) is 0.600. The van der Waals surface area contributed by atoms with Crippen LogP contribution in [0.2, 0.25) is 0 Å². The second-order valence-electron chi connectivity index (χ2n) is 6.25. The molecule has 0 aromatic carbocycles. The standard InChI is InChI=1S/C15H16N2O7/c1-15(2)23-10-6-5(9-11(22-9)12(10)24-15)7(13(18)20-3)16-17-8(6)14(19)21-4/h9-12H,1-4H3/t9-,10-,11-,12-/m0/s1. The summed E-state index contributed by atoms with van der Waals surface area (Å²) in [4.78, 5) is 24.2. The van der Waals surface area contributed by atoms with Crippen molar-refractivity contribution in [3.63, 3.8) is 0 Å². The first-order valence-corrected chi connectivity index (χ1v) is 7.46. The Labute approximate surface area is 137 Å². The van der Waals surface area contributed by atoms with Crippen LogP contribution < -0.4 is 0 Å². The molecule has 4 rings (SSSR count). The second kappa shape index (κ2) is 4.95. The van der Waals surface area contributed by atoms with Crippen molar-refractivity contribution < 1.29 is 33.3 Å². The number of hydrogen-bond acceptors (Lipinski definition) is 9. The smallest absolute Gasteiger partial charge is 0.358 e. The van der Waals surface area contributed by atoms with Gasteiger partial charge in [-0.3, -0.25) is 0 Å². The summed E-state index contributed by atoms with van der Waals surface area (Å²) in [6.45, 7) is 3.55. The molecule has 2 fully saturated rings. The molecule has 9 nitrogen and oxygen atoms in total. The molecule has 1 aromatic heterocycles. The molecule has 1 aliphatic carbocycles. The summed E-state index contributed by atoms with van der Waals surface area (Å²) in [7, 11) is 2.50. The van der Waals surface area contributed by atoms with Crippen LogP contribution >= 0.6 is 0 Å². The van der Waals surface area contributed by atoms with Crippen LogP contribution in [0.15, 0.2) is 0 Å². The SMILES string of the molecule is COC(=O)c1nnc(C(=O)OC)c2c1[C@@H]1O[C@@H]1[C@H]1OC(C)(C)O[C@@H]21. The van der Waals surface area contributed by atoms with Gasteiger partial charge in [0.1, 0.15) is 24.4 Å². The molecule has 0 unspecified atom stereocenters. The number of carbonyl (C=O) groups is 2. The highest BCUT2D eigenvalue weighted by atomic mass is 16.8. The zero-order valence-electron chi connectivity index (χ0n) is 13.6. The van der Waals surface area contributed by atoms with Gasteiger partial charge in [0.15, 0.2) is 17.2 Å². The third kappa shape index (κ3) is 2.05. The van der Waals surface area contributed by atoms with Gasteiger partial charge in [-0.05, 0) is 13.8 Å². The van der Waals surface area contributed by atoms with Crippen LogP contribution in [0.3, 0.4) is 0 Å². The normalized spacial score (nSPS) is 31.5. The quantitative estimate of drug-likeness (QED) is 0.569. The van der Waals surface area contributed by atoms with Crippen molar-refractivity contribution in [2.45, 2.75) is 44.1 Å². The number of ether oxygens (including phenoxy) is 5. The van der Waals surface area contributed by atoms with Gasteiger partial charge in [0.05, 0.1) is 14.2 Å². The van der Waals surface area contributed by atoms with E-state index in [1.54, 1.807) is 13.8 Å². The lowest BCUT2D eigenvalue weighted by molar-refractivity contribution is -0.148. The summed E-state index contributed by atoms with van der Waals surface area (Å²) >= 11 is 0.